The van der Waals surface area contributed by atoms with Crippen molar-refractivity contribution < 1.29 is 13.2 Å². The zero-order valence-corrected chi connectivity index (χ0v) is 16.6. The van der Waals surface area contributed by atoms with E-state index in [1.807, 2.05) is 51.1 Å². The van der Waals surface area contributed by atoms with Gasteiger partial charge in [-0.05, 0) is 48.2 Å². The predicted octanol–water partition coefficient (Wildman–Crippen LogP) is 4.62. The maximum Gasteiger partial charge on any atom is 0.244 e. The van der Waals surface area contributed by atoms with Gasteiger partial charge in [0.25, 0.3) is 0 Å². The average molecular weight is 412 g/mol. The molecular weight excluding hydrogens is 390 g/mol. The van der Waals surface area contributed by atoms with Gasteiger partial charge < -0.3 is 4.74 Å². The molecule has 0 saturated carbocycles. The van der Waals surface area contributed by atoms with Crippen molar-refractivity contribution in [1.82, 2.24) is 4.72 Å². The number of hydrogen-bond donors (Lipinski definition) is 1. The summed E-state index contributed by atoms with van der Waals surface area (Å²) in [6.07, 6.45) is 0. The van der Waals surface area contributed by atoms with E-state index >= 15 is 0 Å². The molecule has 6 heteroatoms. The van der Waals surface area contributed by atoms with Crippen LogP contribution in [-0.2, 0) is 10.0 Å². The van der Waals surface area contributed by atoms with Gasteiger partial charge in [0, 0.05) is 10.5 Å². The lowest BCUT2D eigenvalue weighted by atomic mass is 10.0. The van der Waals surface area contributed by atoms with Crippen molar-refractivity contribution in [1.29, 1.82) is 0 Å². The van der Waals surface area contributed by atoms with Crippen molar-refractivity contribution in [3.05, 3.63) is 58.1 Å². The van der Waals surface area contributed by atoms with E-state index < -0.39 is 10.0 Å². The van der Waals surface area contributed by atoms with Crippen molar-refractivity contribution in [2.45, 2.75) is 37.6 Å². The van der Waals surface area contributed by atoms with Crippen LogP contribution in [-0.4, -0.2) is 15.5 Å². The fourth-order valence-electron chi connectivity index (χ4n) is 2.38. The predicted molar refractivity (Wildman–Crippen MR) is 100.0 cm³/mol. The second kappa shape index (κ2) is 7.68. The van der Waals surface area contributed by atoms with Crippen molar-refractivity contribution in [2.24, 2.45) is 0 Å². The topological polar surface area (TPSA) is 55.4 Å². The van der Waals surface area contributed by atoms with E-state index in [-0.39, 0.29) is 16.9 Å². The highest BCUT2D eigenvalue weighted by atomic mass is 79.9. The fraction of sp³-hybridized carbons (Fsp3) is 0.333. The zero-order valence-electron chi connectivity index (χ0n) is 14.2. The minimum Gasteiger partial charge on any atom is -0.495 e. The molecule has 0 aliphatic rings. The van der Waals surface area contributed by atoms with Gasteiger partial charge >= 0.3 is 0 Å². The lowest BCUT2D eigenvalue weighted by Gasteiger charge is -2.18. The number of methoxy groups -OCH3 is 1. The Labute approximate surface area is 152 Å². The van der Waals surface area contributed by atoms with Gasteiger partial charge in [-0.3, -0.25) is 0 Å². The quantitative estimate of drug-likeness (QED) is 0.753. The van der Waals surface area contributed by atoms with E-state index in [1.54, 1.807) is 12.1 Å². The van der Waals surface area contributed by atoms with Gasteiger partial charge in [0.2, 0.25) is 10.0 Å². The van der Waals surface area contributed by atoms with Crippen molar-refractivity contribution in [2.75, 3.05) is 7.11 Å². The molecule has 0 unspecified atom stereocenters. The van der Waals surface area contributed by atoms with E-state index in [9.17, 15) is 8.42 Å². The number of benzene rings is 2. The molecular formula is C18H22BrNO3S. The van der Waals surface area contributed by atoms with Crippen LogP contribution in [0.2, 0.25) is 0 Å². The highest BCUT2D eigenvalue weighted by Crippen LogP contribution is 2.29. The summed E-state index contributed by atoms with van der Waals surface area (Å²) >= 11 is 3.38. The van der Waals surface area contributed by atoms with Crippen LogP contribution in [0.25, 0.3) is 0 Å². The molecule has 0 heterocycles. The Hall–Kier alpha value is -1.37. The molecule has 0 saturated heterocycles. The second-order valence-electron chi connectivity index (χ2n) is 5.96. The Balaban J connectivity index is 2.35. The van der Waals surface area contributed by atoms with Gasteiger partial charge in [-0.1, -0.05) is 48.0 Å². The standard InChI is InChI=1S/C18H22BrNO3S/c1-12(2)15-7-10-17(23-4)18(11-15)24(21,22)20-13(3)14-5-8-16(19)9-6-14/h5-13,20H,1-4H3/t13-/m1/s1. The summed E-state index contributed by atoms with van der Waals surface area (Å²) in [7, 11) is -2.23. The maximum atomic E-state index is 12.8. The lowest BCUT2D eigenvalue weighted by molar-refractivity contribution is 0.401. The number of halogens is 1. The van der Waals surface area contributed by atoms with Crippen molar-refractivity contribution in [3.63, 3.8) is 0 Å². The highest BCUT2D eigenvalue weighted by Gasteiger charge is 2.23. The number of sulfonamides is 1. The van der Waals surface area contributed by atoms with Crippen molar-refractivity contribution in [3.8, 4) is 5.75 Å². The molecule has 1 atom stereocenters. The van der Waals surface area contributed by atoms with Gasteiger partial charge in [-0.15, -0.1) is 0 Å². The molecule has 2 aromatic rings. The van der Waals surface area contributed by atoms with Crippen LogP contribution in [0.15, 0.2) is 51.8 Å². The fourth-order valence-corrected chi connectivity index (χ4v) is 4.08. The van der Waals surface area contributed by atoms with Gasteiger partial charge in [0.15, 0.2) is 0 Å². The van der Waals surface area contributed by atoms with Crippen LogP contribution in [0.3, 0.4) is 0 Å². The van der Waals surface area contributed by atoms with E-state index in [0.29, 0.717) is 5.75 Å². The molecule has 0 aliphatic carbocycles. The van der Waals surface area contributed by atoms with E-state index in [2.05, 4.69) is 20.7 Å². The third-order valence-corrected chi connectivity index (χ3v) is 5.94. The minimum absolute atomic E-state index is 0.167. The van der Waals surface area contributed by atoms with Crippen LogP contribution in [0, 0.1) is 0 Å². The Morgan fingerprint density at radius 3 is 2.12 bits per heavy atom. The summed E-state index contributed by atoms with van der Waals surface area (Å²) in [5, 5.41) is 0. The van der Waals surface area contributed by atoms with Gasteiger partial charge in [-0.25, -0.2) is 13.1 Å². The maximum absolute atomic E-state index is 12.8. The minimum atomic E-state index is -3.70. The van der Waals surface area contributed by atoms with E-state index in [1.165, 1.54) is 7.11 Å². The summed E-state index contributed by atoms with van der Waals surface area (Å²) in [4.78, 5) is 0.167. The van der Waals surface area contributed by atoms with Crippen LogP contribution in [0.4, 0.5) is 0 Å². The zero-order chi connectivity index (χ0) is 17.9. The number of nitrogens with one attached hydrogen (secondary N) is 1. The lowest BCUT2D eigenvalue weighted by Crippen LogP contribution is -2.27. The first-order valence-electron chi connectivity index (χ1n) is 7.70. The molecule has 2 aromatic carbocycles. The van der Waals surface area contributed by atoms with Crippen LogP contribution < -0.4 is 9.46 Å². The summed E-state index contributed by atoms with van der Waals surface area (Å²) < 4.78 is 34.6. The van der Waals surface area contributed by atoms with Crippen LogP contribution >= 0.6 is 15.9 Å². The Kier molecular flexibility index (Phi) is 6.06. The van der Waals surface area contributed by atoms with Crippen LogP contribution in [0.5, 0.6) is 5.75 Å². The average Bonchev–Trinajstić information content (AvgIpc) is 2.54. The highest BCUT2D eigenvalue weighted by molar-refractivity contribution is 9.10. The molecule has 0 amide bonds. The summed E-state index contributed by atoms with van der Waals surface area (Å²) in [6.45, 7) is 5.87. The molecule has 0 spiro atoms. The molecule has 0 fully saturated rings. The summed E-state index contributed by atoms with van der Waals surface area (Å²) in [6, 6.07) is 12.5. The SMILES string of the molecule is COc1ccc(C(C)C)cc1S(=O)(=O)N[C@H](C)c1ccc(Br)cc1. The van der Waals surface area contributed by atoms with Gasteiger partial charge in [-0.2, -0.15) is 0 Å². The Bertz CT molecular complexity index is 802. The monoisotopic (exact) mass is 411 g/mol. The molecule has 130 valence electrons. The number of ether oxygens (including phenoxy) is 1. The van der Waals surface area contributed by atoms with Crippen molar-refractivity contribution >= 4 is 26.0 Å². The third-order valence-electron chi connectivity index (χ3n) is 3.85. The molecule has 0 radical (unpaired) electrons. The molecule has 0 aromatic heterocycles. The first-order valence-corrected chi connectivity index (χ1v) is 9.98. The number of rotatable bonds is 6. The first-order chi connectivity index (χ1) is 11.2. The molecule has 4 nitrogen and oxygen atoms in total. The van der Waals surface area contributed by atoms with Gasteiger partial charge in [0.05, 0.1) is 7.11 Å². The van der Waals surface area contributed by atoms with Gasteiger partial charge in [0.1, 0.15) is 10.6 Å². The first kappa shape index (κ1) is 19.0. The van der Waals surface area contributed by atoms with E-state index in [0.717, 1.165) is 15.6 Å². The summed E-state index contributed by atoms with van der Waals surface area (Å²) in [5.41, 5.74) is 1.84. The summed E-state index contributed by atoms with van der Waals surface area (Å²) in [5.74, 6) is 0.573. The smallest absolute Gasteiger partial charge is 0.244 e. The van der Waals surface area contributed by atoms with Crippen LogP contribution in [0.1, 0.15) is 43.9 Å². The second-order valence-corrected chi connectivity index (χ2v) is 8.56. The van der Waals surface area contributed by atoms with E-state index in [4.69, 9.17) is 4.74 Å². The normalized spacial score (nSPS) is 13.1. The molecule has 2 rings (SSSR count). The third kappa shape index (κ3) is 4.37. The molecule has 0 aliphatic heterocycles. The molecule has 1 N–H and O–H groups in total. The number of hydrogen-bond acceptors (Lipinski definition) is 3. The Morgan fingerprint density at radius 2 is 1.58 bits per heavy atom. The molecule has 24 heavy (non-hydrogen) atoms. The molecule has 0 bridgehead atoms. The Morgan fingerprint density at radius 1 is 1.00 bits per heavy atom. The largest absolute Gasteiger partial charge is 0.495 e.